The SMILES string of the molecule is Cc1ccc(OCC(=O)Oc2ccc([N+](=O)[O-])cc2Cl)cc1C. The summed E-state index contributed by atoms with van der Waals surface area (Å²) in [5.41, 5.74) is 1.99. The van der Waals surface area contributed by atoms with Crippen LogP contribution in [0.1, 0.15) is 11.1 Å². The lowest BCUT2D eigenvalue weighted by Crippen LogP contribution is -2.18. The van der Waals surface area contributed by atoms with Gasteiger partial charge in [0.05, 0.1) is 9.95 Å². The third-order valence-corrected chi connectivity index (χ3v) is 3.48. The van der Waals surface area contributed by atoms with Gasteiger partial charge in [-0.05, 0) is 43.2 Å². The van der Waals surface area contributed by atoms with Crippen molar-refractivity contribution in [3.63, 3.8) is 0 Å². The van der Waals surface area contributed by atoms with Crippen LogP contribution in [0.2, 0.25) is 5.02 Å². The van der Waals surface area contributed by atoms with Crippen LogP contribution >= 0.6 is 11.6 Å². The molecule has 0 atom stereocenters. The van der Waals surface area contributed by atoms with Gasteiger partial charge in [0.1, 0.15) is 11.5 Å². The van der Waals surface area contributed by atoms with E-state index in [2.05, 4.69) is 0 Å². The minimum absolute atomic E-state index is 0.0151. The van der Waals surface area contributed by atoms with E-state index in [1.54, 1.807) is 6.07 Å². The Balaban J connectivity index is 1.97. The molecule has 6 nitrogen and oxygen atoms in total. The second-order valence-corrected chi connectivity index (χ2v) is 5.29. The van der Waals surface area contributed by atoms with E-state index in [1.807, 2.05) is 26.0 Å². The number of benzene rings is 2. The Morgan fingerprint density at radius 1 is 1.17 bits per heavy atom. The predicted molar refractivity (Wildman–Crippen MR) is 85.2 cm³/mol. The molecular weight excluding hydrogens is 322 g/mol. The van der Waals surface area contributed by atoms with Crippen LogP contribution < -0.4 is 9.47 Å². The zero-order valence-electron chi connectivity index (χ0n) is 12.5. The lowest BCUT2D eigenvalue weighted by atomic mass is 10.1. The van der Waals surface area contributed by atoms with Crippen LogP contribution in [-0.2, 0) is 4.79 Å². The van der Waals surface area contributed by atoms with Gasteiger partial charge >= 0.3 is 5.97 Å². The smallest absolute Gasteiger partial charge is 0.349 e. The molecule has 0 saturated carbocycles. The molecule has 2 aromatic carbocycles. The van der Waals surface area contributed by atoms with Crippen molar-refractivity contribution in [1.82, 2.24) is 0 Å². The molecule has 0 radical (unpaired) electrons. The van der Waals surface area contributed by atoms with E-state index in [-0.39, 0.29) is 23.1 Å². The number of nitrogens with zero attached hydrogens (tertiary/aromatic N) is 1. The quantitative estimate of drug-likeness (QED) is 0.359. The first-order valence-corrected chi connectivity index (χ1v) is 7.09. The molecule has 0 aliphatic carbocycles. The van der Waals surface area contributed by atoms with Gasteiger partial charge in [-0.3, -0.25) is 10.1 Å². The van der Waals surface area contributed by atoms with Gasteiger partial charge in [-0.15, -0.1) is 0 Å². The number of nitro groups is 1. The minimum atomic E-state index is -0.654. The number of hydrogen-bond donors (Lipinski definition) is 0. The van der Waals surface area contributed by atoms with Gasteiger partial charge in [-0.25, -0.2) is 4.79 Å². The standard InChI is InChI=1S/C16H14ClNO5/c1-10-3-5-13(7-11(10)2)22-9-16(19)23-15-6-4-12(18(20)21)8-14(15)17/h3-8H,9H2,1-2H3. The first-order valence-electron chi connectivity index (χ1n) is 6.71. The Labute approximate surface area is 137 Å². The van der Waals surface area contributed by atoms with Crippen molar-refractivity contribution in [3.05, 3.63) is 62.7 Å². The molecule has 7 heteroatoms. The Hall–Kier alpha value is -2.60. The van der Waals surface area contributed by atoms with Gasteiger partial charge in [0.2, 0.25) is 0 Å². The molecule has 0 N–H and O–H groups in total. The van der Waals surface area contributed by atoms with E-state index in [1.165, 1.54) is 12.1 Å². The zero-order valence-corrected chi connectivity index (χ0v) is 13.3. The van der Waals surface area contributed by atoms with E-state index < -0.39 is 10.9 Å². The minimum Gasteiger partial charge on any atom is -0.482 e. The van der Waals surface area contributed by atoms with Crippen LogP contribution in [0.5, 0.6) is 11.5 Å². The van der Waals surface area contributed by atoms with Gasteiger partial charge in [-0.2, -0.15) is 0 Å². The maximum absolute atomic E-state index is 11.8. The van der Waals surface area contributed by atoms with Gasteiger partial charge in [-0.1, -0.05) is 17.7 Å². The summed E-state index contributed by atoms with van der Waals surface area (Å²) in [4.78, 5) is 21.8. The molecule has 0 unspecified atom stereocenters. The number of nitro benzene ring substituents is 1. The van der Waals surface area contributed by atoms with Crippen LogP contribution in [0.4, 0.5) is 5.69 Å². The number of carbonyl (C=O) groups excluding carboxylic acids is 1. The number of carbonyl (C=O) groups is 1. The van der Waals surface area contributed by atoms with Crippen LogP contribution in [0.15, 0.2) is 36.4 Å². The first-order chi connectivity index (χ1) is 10.9. The summed E-state index contributed by atoms with van der Waals surface area (Å²) < 4.78 is 10.4. The van der Waals surface area contributed by atoms with Crippen molar-refractivity contribution in [3.8, 4) is 11.5 Å². The second kappa shape index (κ2) is 7.11. The van der Waals surface area contributed by atoms with E-state index in [9.17, 15) is 14.9 Å². The largest absolute Gasteiger partial charge is 0.482 e. The fraction of sp³-hybridized carbons (Fsp3) is 0.188. The average Bonchev–Trinajstić information content (AvgIpc) is 2.50. The number of non-ortho nitro benzene ring substituents is 1. The highest BCUT2D eigenvalue weighted by Gasteiger charge is 2.13. The van der Waals surface area contributed by atoms with Crippen LogP contribution in [0, 0.1) is 24.0 Å². The topological polar surface area (TPSA) is 78.7 Å². The first kappa shape index (κ1) is 16.8. The molecule has 0 bridgehead atoms. The zero-order chi connectivity index (χ0) is 17.0. The highest BCUT2D eigenvalue weighted by molar-refractivity contribution is 6.32. The summed E-state index contributed by atoms with van der Waals surface area (Å²) in [7, 11) is 0. The molecular formula is C16H14ClNO5. The highest BCUT2D eigenvalue weighted by atomic mass is 35.5. The Morgan fingerprint density at radius 2 is 1.91 bits per heavy atom. The summed E-state index contributed by atoms with van der Waals surface area (Å²) in [6.07, 6.45) is 0. The number of ether oxygens (including phenoxy) is 2. The van der Waals surface area contributed by atoms with Crippen molar-refractivity contribution < 1.29 is 19.2 Å². The summed E-state index contributed by atoms with van der Waals surface area (Å²) >= 11 is 5.85. The molecule has 0 fully saturated rings. The van der Waals surface area contributed by atoms with E-state index >= 15 is 0 Å². The molecule has 0 aliphatic rings. The number of esters is 1. The van der Waals surface area contributed by atoms with Crippen molar-refractivity contribution in [2.75, 3.05) is 6.61 Å². The predicted octanol–water partition coefficient (Wildman–Crippen LogP) is 3.85. The molecule has 0 aromatic heterocycles. The number of halogens is 1. The fourth-order valence-corrected chi connectivity index (χ4v) is 2.00. The van der Waals surface area contributed by atoms with Crippen LogP contribution in [0.25, 0.3) is 0 Å². The van der Waals surface area contributed by atoms with E-state index in [0.717, 1.165) is 17.2 Å². The van der Waals surface area contributed by atoms with Crippen molar-refractivity contribution >= 4 is 23.3 Å². The Bertz CT molecular complexity index is 760. The lowest BCUT2D eigenvalue weighted by molar-refractivity contribution is -0.384. The molecule has 23 heavy (non-hydrogen) atoms. The van der Waals surface area contributed by atoms with Gasteiger partial charge in [0.25, 0.3) is 5.69 Å². The van der Waals surface area contributed by atoms with Gasteiger partial charge in [0.15, 0.2) is 6.61 Å². The Kier molecular flexibility index (Phi) is 5.18. The third-order valence-electron chi connectivity index (χ3n) is 3.19. The molecule has 0 aliphatic heterocycles. The third kappa shape index (κ3) is 4.43. The highest BCUT2D eigenvalue weighted by Crippen LogP contribution is 2.28. The fourth-order valence-electron chi connectivity index (χ4n) is 1.78. The molecule has 0 heterocycles. The molecule has 0 saturated heterocycles. The van der Waals surface area contributed by atoms with E-state index in [0.29, 0.717) is 5.75 Å². The van der Waals surface area contributed by atoms with E-state index in [4.69, 9.17) is 21.1 Å². The van der Waals surface area contributed by atoms with Crippen molar-refractivity contribution in [2.24, 2.45) is 0 Å². The van der Waals surface area contributed by atoms with Gasteiger partial charge < -0.3 is 9.47 Å². The Morgan fingerprint density at radius 3 is 2.52 bits per heavy atom. The van der Waals surface area contributed by atoms with Gasteiger partial charge in [0, 0.05) is 12.1 Å². The average molecular weight is 336 g/mol. The summed E-state index contributed by atoms with van der Waals surface area (Å²) in [6.45, 7) is 3.62. The lowest BCUT2D eigenvalue weighted by Gasteiger charge is -2.09. The number of hydrogen-bond acceptors (Lipinski definition) is 5. The summed E-state index contributed by atoms with van der Waals surface area (Å²) in [5.74, 6) is -0.0511. The van der Waals surface area contributed by atoms with Crippen molar-refractivity contribution in [2.45, 2.75) is 13.8 Å². The maximum Gasteiger partial charge on any atom is 0.349 e. The molecule has 0 amide bonds. The summed E-state index contributed by atoms with van der Waals surface area (Å²) in [5, 5.41) is 10.6. The molecule has 120 valence electrons. The number of rotatable bonds is 5. The normalized spacial score (nSPS) is 10.2. The van der Waals surface area contributed by atoms with Crippen LogP contribution in [-0.4, -0.2) is 17.5 Å². The number of aryl methyl sites for hydroxylation is 2. The second-order valence-electron chi connectivity index (χ2n) is 4.88. The maximum atomic E-state index is 11.8. The molecule has 2 aromatic rings. The molecule has 2 rings (SSSR count). The monoisotopic (exact) mass is 335 g/mol. The summed E-state index contributed by atoms with van der Waals surface area (Å²) in [6, 6.07) is 9.07. The van der Waals surface area contributed by atoms with Crippen LogP contribution in [0.3, 0.4) is 0 Å². The molecule has 0 spiro atoms. The van der Waals surface area contributed by atoms with Crippen molar-refractivity contribution in [1.29, 1.82) is 0 Å².